The molecule has 1 atom stereocenters. The van der Waals surface area contributed by atoms with Crippen LogP contribution >= 0.6 is 0 Å². The molecule has 6 heteroatoms. The predicted octanol–water partition coefficient (Wildman–Crippen LogP) is 16.0. The number of carbonyl (C=O) groups excluding carboxylic acids is 3. The summed E-state index contributed by atoms with van der Waals surface area (Å²) in [6.07, 6.45) is 51.5. The maximum Gasteiger partial charge on any atom is 0.306 e. The van der Waals surface area contributed by atoms with Crippen molar-refractivity contribution < 1.29 is 28.6 Å². The first kappa shape index (κ1) is 54.9. The second kappa shape index (κ2) is 46.6. The summed E-state index contributed by atoms with van der Waals surface area (Å²) in [4.78, 5) is 37.8. The molecule has 0 aromatic rings. The normalized spacial score (nSPS) is 12.1. The van der Waals surface area contributed by atoms with Gasteiger partial charge in [0.15, 0.2) is 6.10 Å². The second-order valence-corrected chi connectivity index (χ2v) is 16.7. The molecule has 0 aliphatic carbocycles. The Labute approximate surface area is 353 Å². The van der Waals surface area contributed by atoms with Gasteiger partial charge in [-0.1, -0.05) is 218 Å². The van der Waals surface area contributed by atoms with Gasteiger partial charge in [-0.2, -0.15) is 0 Å². The highest BCUT2D eigenvalue weighted by atomic mass is 16.6. The number of allylic oxidation sites excluding steroid dienone is 4. The van der Waals surface area contributed by atoms with Gasteiger partial charge in [-0.05, 0) is 51.4 Å². The molecule has 6 nitrogen and oxygen atoms in total. The lowest BCUT2D eigenvalue weighted by molar-refractivity contribution is -0.167. The number of carbonyl (C=O) groups is 3. The maximum absolute atomic E-state index is 12.7. The third kappa shape index (κ3) is 44.8. The largest absolute Gasteiger partial charge is 0.462 e. The van der Waals surface area contributed by atoms with Crippen LogP contribution in [-0.2, 0) is 28.6 Å². The molecule has 0 rings (SSSR count). The Morgan fingerprint density at radius 3 is 1.00 bits per heavy atom. The van der Waals surface area contributed by atoms with E-state index < -0.39 is 6.10 Å². The van der Waals surface area contributed by atoms with Gasteiger partial charge in [0.05, 0.1) is 0 Å². The van der Waals surface area contributed by atoms with E-state index in [2.05, 4.69) is 45.1 Å². The van der Waals surface area contributed by atoms with Crippen molar-refractivity contribution in [3.8, 4) is 0 Å². The molecule has 0 bridgehead atoms. The minimum Gasteiger partial charge on any atom is -0.462 e. The molecular formula is C51H94O6. The second-order valence-electron chi connectivity index (χ2n) is 16.7. The third-order valence-electron chi connectivity index (χ3n) is 11.0. The smallest absolute Gasteiger partial charge is 0.306 e. The molecule has 334 valence electrons. The minimum absolute atomic E-state index is 0.0693. The van der Waals surface area contributed by atoms with Crippen molar-refractivity contribution in [2.24, 2.45) is 0 Å². The van der Waals surface area contributed by atoms with Crippen LogP contribution in [-0.4, -0.2) is 37.2 Å². The Kier molecular flexibility index (Phi) is 44.9. The monoisotopic (exact) mass is 803 g/mol. The fraction of sp³-hybridized carbons (Fsp3) is 0.863. The van der Waals surface area contributed by atoms with Gasteiger partial charge in [-0.3, -0.25) is 14.4 Å². The first-order chi connectivity index (χ1) is 28.0. The van der Waals surface area contributed by atoms with Gasteiger partial charge in [-0.15, -0.1) is 0 Å². The Hall–Kier alpha value is -2.11. The van der Waals surface area contributed by atoms with E-state index in [1.807, 2.05) is 0 Å². The van der Waals surface area contributed by atoms with Crippen molar-refractivity contribution in [1.82, 2.24) is 0 Å². The lowest BCUT2D eigenvalue weighted by Crippen LogP contribution is -2.30. The fourth-order valence-electron chi connectivity index (χ4n) is 7.18. The predicted molar refractivity (Wildman–Crippen MR) is 243 cm³/mol. The van der Waals surface area contributed by atoms with E-state index in [1.165, 1.54) is 154 Å². The van der Waals surface area contributed by atoms with Crippen LogP contribution in [0.15, 0.2) is 24.3 Å². The van der Waals surface area contributed by atoms with E-state index in [-0.39, 0.29) is 31.1 Å². The zero-order valence-corrected chi connectivity index (χ0v) is 38.1. The van der Waals surface area contributed by atoms with Crippen molar-refractivity contribution in [1.29, 1.82) is 0 Å². The molecule has 0 unspecified atom stereocenters. The summed E-state index contributed by atoms with van der Waals surface area (Å²) in [7, 11) is 0. The molecule has 0 N–H and O–H groups in total. The minimum atomic E-state index is -0.766. The van der Waals surface area contributed by atoms with Gasteiger partial charge >= 0.3 is 17.9 Å². The van der Waals surface area contributed by atoms with E-state index in [1.54, 1.807) is 0 Å². The van der Waals surface area contributed by atoms with E-state index in [0.29, 0.717) is 19.3 Å². The lowest BCUT2D eigenvalue weighted by Gasteiger charge is -2.18. The molecule has 0 amide bonds. The average Bonchev–Trinajstić information content (AvgIpc) is 3.21. The Balaban J connectivity index is 4.31. The molecule has 0 fully saturated rings. The van der Waals surface area contributed by atoms with Gasteiger partial charge in [0.1, 0.15) is 13.2 Å². The molecule has 0 saturated heterocycles. The van der Waals surface area contributed by atoms with Crippen molar-refractivity contribution in [2.45, 2.75) is 271 Å². The van der Waals surface area contributed by atoms with Crippen LogP contribution in [0.2, 0.25) is 0 Å². The molecule has 0 spiro atoms. The Bertz CT molecular complexity index is 927. The highest BCUT2D eigenvalue weighted by Gasteiger charge is 2.19. The number of esters is 3. The number of rotatable bonds is 45. The molecule has 0 saturated carbocycles. The first-order valence-electron chi connectivity index (χ1n) is 24.8. The highest BCUT2D eigenvalue weighted by molar-refractivity contribution is 5.71. The van der Waals surface area contributed by atoms with Crippen LogP contribution in [0.25, 0.3) is 0 Å². The van der Waals surface area contributed by atoms with Crippen LogP contribution in [0.4, 0.5) is 0 Å². The number of unbranched alkanes of at least 4 members (excludes halogenated alkanes) is 30. The van der Waals surface area contributed by atoms with Crippen LogP contribution in [0, 0.1) is 0 Å². The Morgan fingerprint density at radius 2 is 0.632 bits per heavy atom. The zero-order chi connectivity index (χ0) is 41.5. The van der Waals surface area contributed by atoms with Crippen LogP contribution in [0.3, 0.4) is 0 Å². The van der Waals surface area contributed by atoms with Gasteiger partial charge in [0.2, 0.25) is 0 Å². The third-order valence-corrected chi connectivity index (χ3v) is 11.0. The van der Waals surface area contributed by atoms with Gasteiger partial charge in [0, 0.05) is 19.3 Å². The molecule has 0 radical (unpaired) electrons. The summed E-state index contributed by atoms with van der Waals surface area (Å²) in [6.45, 7) is 6.61. The lowest BCUT2D eigenvalue weighted by atomic mass is 10.1. The number of ether oxygens (including phenoxy) is 3. The molecule has 0 aromatic heterocycles. The topological polar surface area (TPSA) is 78.9 Å². The zero-order valence-electron chi connectivity index (χ0n) is 38.1. The average molecular weight is 803 g/mol. The van der Waals surface area contributed by atoms with Gasteiger partial charge < -0.3 is 14.2 Å². The van der Waals surface area contributed by atoms with E-state index in [0.717, 1.165) is 70.6 Å². The standard InChI is InChI=1S/C51H94O6/c1-4-7-10-13-16-19-22-23-24-25-26-27-30-32-35-38-41-44-50(53)56-47-48(57-51(54)45-42-39-36-33-29-21-18-15-12-9-6-3)46-55-49(52)43-40-37-34-31-28-20-17-14-11-8-5-2/h16,19,23-24,48H,4-15,17-18,20-22,25-47H2,1-3H3/b19-16-,24-23-/t48-/m1/s1. The highest BCUT2D eigenvalue weighted by Crippen LogP contribution is 2.15. The molecule has 0 aliphatic heterocycles. The number of hydrogen-bond acceptors (Lipinski definition) is 6. The molecule has 0 heterocycles. The molecule has 0 aliphatic rings. The molecular weight excluding hydrogens is 709 g/mol. The van der Waals surface area contributed by atoms with Crippen molar-refractivity contribution in [2.75, 3.05) is 13.2 Å². The number of hydrogen-bond donors (Lipinski definition) is 0. The molecule has 0 aromatic carbocycles. The van der Waals surface area contributed by atoms with Crippen molar-refractivity contribution in [3.05, 3.63) is 24.3 Å². The maximum atomic E-state index is 12.7. The quantitative estimate of drug-likeness (QED) is 0.0264. The van der Waals surface area contributed by atoms with E-state index in [4.69, 9.17) is 14.2 Å². The summed E-state index contributed by atoms with van der Waals surface area (Å²) in [5, 5.41) is 0. The first-order valence-corrected chi connectivity index (χ1v) is 24.8. The van der Waals surface area contributed by atoms with Crippen LogP contribution in [0.5, 0.6) is 0 Å². The van der Waals surface area contributed by atoms with Crippen LogP contribution < -0.4 is 0 Å². The van der Waals surface area contributed by atoms with E-state index >= 15 is 0 Å². The van der Waals surface area contributed by atoms with Crippen molar-refractivity contribution in [3.63, 3.8) is 0 Å². The summed E-state index contributed by atoms with van der Waals surface area (Å²) in [5.41, 5.74) is 0. The summed E-state index contributed by atoms with van der Waals surface area (Å²) in [5.74, 6) is -0.868. The van der Waals surface area contributed by atoms with Gasteiger partial charge in [0.25, 0.3) is 0 Å². The fourth-order valence-corrected chi connectivity index (χ4v) is 7.18. The van der Waals surface area contributed by atoms with Gasteiger partial charge in [-0.25, -0.2) is 0 Å². The van der Waals surface area contributed by atoms with Crippen molar-refractivity contribution >= 4 is 17.9 Å². The summed E-state index contributed by atoms with van der Waals surface area (Å²) < 4.78 is 16.7. The Morgan fingerprint density at radius 1 is 0.351 bits per heavy atom. The van der Waals surface area contributed by atoms with E-state index in [9.17, 15) is 14.4 Å². The summed E-state index contributed by atoms with van der Waals surface area (Å²) >= 11 is 0. The SMILES string of the molecule is CCCCC/C=C\C/C=C\CCCCCCCCCC(=O)OC[C@@H](COC(=O)CCCCCCCCCCCCC)OC(=O)CCCCCCCCCCCCC. The molecule has 57 heavy (non-hydrogen) atoms. The van der Waals surface area contributed by atoms with Crippen LogP contribution in [0.1, 0.15) is 265 Å². The summed E-state index contributed by atoms with van der Waals surface area (Å²) in [6, 6.07) is 0.